The lowest BCUT2D eigenvalue weighted by atomic mass is 9.85. The molecule has 10 nitrogen and oxygen atoms in total. The highest BCUT2D eigenvalue weighted by Crippen LogP contribution is 2.65. The van der Waals surface area contributed by atoms with E-state index < -0.39 is 47.4 Å². The summed E-state index contributed by atoms with van der Waals surface area (Å²) in [5.74, 6) is -3.98. The first-order valence-corrected chi connectivity index (χ1v) is 14.6. The van der Waals surface area contributed by atoms with Crippen molar-refractivity contribution in [2.75, 3.05) is 13.1 Å². The quantitative estimate of drug-likeness (QED) is 0.436. The molecule has 1 unspecified atom stereocenters. The van der Waals surface area contributed by atoms with Gasteiger partial charge in [-0.05, 0) is 48.1 Å². The number of likely N-dealkylation sites (tertiary alicyclic amines) is 1. The Kier molecular flexibility index (Phi) is 8.52. The number of aromatic amines is 1. The second-order valence-corrected chi connectivity index (χ2v) is 14.0. The van der Waals surface area contributed by atoms with Gasteiger partial charge in [-0.2, -0.15) is 18.4 Å². The molecule has 3 N–H and O–H groups in total. The topological polar surface area (TPSA) is 138 Å². The first kappa shape index (κ1) is 32.5. The standard InChI is InChI=1S/C30H41F3N6O4/c1-15(2)38-9-8-20-17(13-38)10-16(24(40)36-20)11-18(12-34)35-25(41)22-21-19(29(21,6)7)14-39(22)26(42)23(28(3,4)5)37-27(43)30(31,32)33/h10,15,18-19,21-23H,8-9,11,13-14H2,1-7H3,(H,35,41)(H,36,40)(H,37,43)/t18?,19-,21-,22-,23+/m0/s1. The third kappa shape index (κ3) is 6.44. The van der Waals surface area contributed by atoms with Gasteiger partial charge in [0.2, 0.25) is 11.8 Å². The normalized spacial score (nSPS) is 24.4. The van der Waals surface area contributed by atoms with Crippen LogP contribution in [0.2, 0.25) is 0 Å². The van der Waals surface area contributed by atoms with Gasteiger partial charge >= 0.3 is 12.1 Å². The van der Waals surface area contributed by atoms with E-state index in [-0.39, 0.29) is 35.8 Å². The number of hydrogen-bond donors (Lipinski definition) is 3. The Morgan fingerprint density at radius 2 is 1.84 bits per heavy atom. The van der Waals surface area contributed by atoms with Crippen molar-refractivity contribution < 1.29 is 27.6 Å². The average Bonchev–Trinajstić information content (AvgIpc) is 3.21. The van der Waals surface area contributed by atoms with E-state index in [0.29, 0.717) is 24.6 Å². The molecular formula is C30H41F3N6O4. The second-order valence-electron chi connectivity index (χ2n) is 14.0. The second kappa shape index (κ2) is 11.3. The number of fused-ring (bicyclic) bond motifs is 2. The molecule has 0 spiro atoms. The van der Waals surface area contributed by atoms with E-state index in [9.17, 15) is 37.6 Å². The molecule has 3 heterocycles. The number of aromatic nitrogens is 1. The van der Waals surface area contributed by atoms with Gasteiger partial charge in [-0.15, -0.1) is 0 Å². The monoisotopic (exact) mass is 606 g/mol. The first-order chi connectivity index (χ1) is 19.8. The number of alkyl halides is 3. The molecule has 5 atom stereocenters. The molecule has 2 fully saturated rings. The Morgan fingerprint density at radius 3 is 2.40 bits per heavy atom. The van der Waals surface area contributed by atoms with Gasteiger partial charge in [0, 0.05) is 49.8 Å². The zero-order chi connectivity index (χ0) is 32.2. The van der Waals surface area contributed by atoms with E-state index in [1.54, 1.807) is 6.07 Å². The average molecular weight is 607 g/mol. The van der Waals surface area contributed by atoms with Crippen molar-refractivity contribution in [2.24, 2.45) is 22.7 Å². The minimum absolute atomic E-state index is 0.0586. The van der Waals surface area contributed by atoms with Crippen LogP contribution in [0.3, 0.4) is 0 Å². The van der Waals surface area contributed by atoms with Crippen LogP contribution in [-0.2, 0) is 33.8 Å². The molecular weight excluding hydrogens is 565 g/mol. The Hall–Kier alpha value is -3.40. The van der Waals surface area contributed by atoms with Crippen molar-refractivity contribution in [1.82, 2.24) is 25.4 Å². The number of nitrogens with one attached hydrogen (secondary N) is 3. The number of piperidine rings is 1. The highest BCUT2D eigenvalue weighted by atomic mass is 19.4. The fraction of sp³-hybridized carbons (Fsp3) is 0.700. The molecule has 2 aliphatic heterocycles. The first-order valence-electron chi connectivity index (χ1n) is 14.6. The van der Waals surface area contributed by atoms with Crippen molar-refractivity contribution in [1.29, 1.82) is 5.26 Å². The van der Waals surface area contributed by atoms with Crippen LogP contribution < -0.4 is 16.2 Å². The van der Waals surface area contributed by atoms with Crippen LogP contribution in [-0.4, -0.2) is 75.9 Å². The molecule has 43 heavy (non-hydrogen) atoms. The van der Waals surface area contributed by atoms with Crippen molar-refractivity contribution >= 4 is 17.7 Å². The molecule has 4 rings (SSSR count). The van der Waals surface area contributed by atoms with Crippen molar-refractivity contribution in [3.63, 3.8) is 0 Å². The zero-order valence-electron chi connectivity index (χ0n) is 25.7. The number of nitrogens with zero attached hydrogens (tertiary/aromatic N) is 3. The summed E-state index contributed by atoms with van der Waals surface area (Å²) in [4.78, 5) is 58.5. The third-order valence-electron chi connectivity index (χ3n) is 9.35. The number of nitriles is 1. The van der Waals surface area contributed by atoms with Crippen LogP contribution >= 0.6 is 0 Å². The van der Waals surface area contributed by atoms with Gasteiger partial charge in [-0.1, -0.05) is 34.6 Å². The highest BCUT2D eigenvalue weighted by Gasteiger charge is 2.70. The van der Waals surface area contributed by atoms with E-state index in [4.69, 9.17) is 0 Å². The van der Waals surface area contributed by atoms with Gasteiger partial charge in [0.25, 0.3) is 5.56 Å². The van der Waals surface area contributed by atoms with E-state index in [1.165, 1.54) is 25.7 Å². The van der Waals surface area contributed by atoms with Crippen LogP contribution in [0.5, 0.6) is 0 Å². The van der Waals surface area contributed by atoms with Gasteiger partial charge < -0.3 is 20.5 Å². The van der Waals surface area contributed by atoms with Crippen LogP contribution in [0.1, 0.15) is 65.3 Å². The van der Waals surface area contributed by atoms with Crippen LogP contribution in [0, 0.1) is 34.0 Å². The summed E-state index contributed by atoms with van der Waals surface area (Å²) in [5.41, 5.74) is 0.446. The van der Waals surface area contributed by atoms with Crippen LogP contribution in [0.25, 0.3) is 0 Å². The number of hydrogen-bond acceptors (Lipinski definition) is 6. The summed E-state index contributed by atoms with van der Waals surface area (Å²) in [6.07, 6.45) is -4.54. The lowest BCUT2D eigenvalue weighted by Crippen LogP contribution is -2.61. The summed E-state index contributed by atoms with van der Waals surface area (Å²) in [5, 5.41) is 14.4. The molecule has 1 aromatic rings. The maximum atomic E-state index is 13.7. The fourth-order valence-electron chi connectivity index (χ4n) is 6.62. The molecule has 1 saturated carbocycles. The molecule has 1 aliphatic carbocycles. The third-order valence-corrected chi connectivity index (χ3v) is 9.35. The van der Waals surface area contributed by atoms with Gasteiger partial charge in [-0.3, -0.25) is 24.1 Å². The van der Waals surface area contributed by atoms with Crippen LogP contribution in [0.4, 0.5) is 13.2 Å². The van der Waals surface area contributed by atoms with Gasteiger partial charge in [0.05, 0.1) is 6.07 Å². The molecule has 1 aromatic heterocycles. The fourth-order valence-corrected chi connectivity index (χ4v) is 6.62. The van der Waals surface area contributed by atoms with Crippen LogP contribution in [0.15, 0.2) is 10.9 Å². The Bertz CT molecular complexity index is 1390. The highest BCUT2D eigenvalue weighted by molar-refractivity contribution is 5.95. The summed E-state index contributed by atoms with van der Waals surface area (Å²) in [6.45, 7) is 14.3. The largest absolute Gasteiger partial charge is 0.471 e. The minimum atomic E-state index is -5.18. The summed E-state index contributed by atoms with van der Waals surface area (Å²) in [6, 6.07) is 0.475. The Morgan fingerprint density at radius 1 is 1.19 bits per heavy atom. The van der Waals surface area contributed by atoms with E-state index in [1.807, 2.05) is 25.2 Å². The van der Waals surface area contributed by atoms with Crippen molar-refractivity contribution in [3.8, 4) is 6.07 Å². The molecule has 3 aliphatic rings. The number of H-pyrrole nitrogens is 1. The predicted molar refractivity (Wildman–Crippen MR) is 151 cm³/mol. The molecule has 0 aromatic carbocycles. The minimum Gasteiger partial charge on any atom is -0.338 e. The maximum absolute atomic E-state index is 13.7. The predicted octanol–water partition coefficient (Wildman–Crippen LogP) is 2.27. The van der Waals surface area contributed by atoms with E-state index >= 15 is 0 Å². The number of rotatable bonds is 7. The van der Waals surface area contributed by atoms with E-state index in [2.05, 4.69) is 29.0 Å². The van der Waals surface area contributed by atoms with Crippen molar-refractivity contribution in [3.05, 3.63) is 33.2 Å². The molecule has 0 radical (unpaired) electrons. The lowest BCUT2D eigenvalue weighted by Gasteiger charge is -2.37. The number of halogens is 3. The Labute approximate surface area is 249 Å². The van der Waals surface area contributed by atoms with Crippen molar-refractivity contribution in [2.45, 2.75) is 98.2 Å². The van der Waals surface area contributed by atoms with Gasteiger partial charge in [0.15, 0.2) is 0 Å². The van der Waals surface area contributed by atoms with Gasteiger partial charge in [-0.25, -0.2) is 0 Å². The summed E-state index contributed by atoms with van der Waals surface area (Å²) in [7, 11) is 0. The smallest absolute Gasteiger partial charge is 0.338 e. The SMILES string of the molecule is CC(C)N1CCc2[nH]c(=O)c(CC(C#N)NC(=O)[C@@H]3[C@@H]4[C@H](CN3C(=O)[C@@H](NC(=O)C(F)(F)F)C(C)(C)C)C4(C)C)cc2C1. The lowest BCUT2D eigenvalue weighted by molar-refractivity contribution is -0.176. The van der Waals surface area contributed by atoms with E-state index in [0.717, 1.165) is 17.8 Å². The molecule has 236 valence electrons. The molecule has 13 heteroatoms. The molecule has 0 bridgehead atoms. The summed E-state index contributed by atoms with van der Waals surface area (Å²) >= 11 is 0. The molecule has 1 saturated heterocycles. The number of amides is 3. The molecule has 3 amide bonds. The Balaban J connectivity index is 1.55. The maximum Gasteiger partial charge on any atom is 0.471 e. The zero-order valence-corrected chi connectivity index (χ0v) is 25.7. The summed E-state index contributed by atoms with van der Waals surface area (Å²) < 4.78 is 39.3. The number of carbonyl (C=O) groups is 3. The van der Waals surface area contributed by atoms with Gasteiger partial charge in [0.1, 0.15) is 18.1 Å². The number of carbonyl (C=O) groups excluding carboxylic acids is 3. The number of pyridine rings is 1.